The van der Waals surface area contributed by atoms with Gasteiger partial charge >= 0.3 is 6.18 Å². The average Bonchev–Trinajstić information content (AvgIpc) is 1.86. The fourth-order valence-corrected chi connectivity index (χ4v) is 0.985. The van der Waals surface area contributed by atoms with Crippen molar-refractivity contribution in [1.29, 1.82) is 0 Å². The van der Waals surface area contributed by atoms with Gasteiger partial charge in [-0.15, -0.1) is 0 Å². The first-order valence-corrected chi connectivity index (χ1v) is 3.53. The van der Waals surface area contributed by atoms with E-state index in [1.165, 1.54) is 6.20 Å². The summed E-state index contributed by atoms with van der Waals surface area (Å²) in [6, 6.07) is 1.01. The first kappa shape index (κ1) is 8.52. The molecule has 0 atom stereocenters. The molecule has 60 valence electrons. The molecule has 1 N–H and O–H groups in total. The summed E-state index contributed by atoms with van der Waals surface area (Å²) in [6.07, 6.45) is -1.94. The third-order valence-electron chi connectivity index (χ3n) is 1.08. The number of hydrogen-bond donors (Lipinski definition) is 0. The summed E-state index contributed by atoms with van der Waals surface area (Å²) in [4.78, 5) is 2.37. The number of aromatic amines is 1. The Kier molecular flexibility index (Phi) is 2.17. The first-order valence-electron chi connectivity index (χ1n) is 2.74. The summed E-state index contributed by atoms with van der Waals surface area (Å²) in [7, 11) is 0. The Balaban J connectivity index is 3.06. The molecule has 0 bridgehead atoms. The van der Waals surface area contributed by atoms with Crippen LogP contribution >= 0.6 is 15.9 Å². The fourth-order valence-electron chi connectivity index (χ4n) is 0.607. The maximum atomic E-state index is 11.9. The Morgan fingerprint density at radius 1 is 1.27 bits per heavy atom. The lowest BCUT2D eigenvalue weighted by Gasteiger charge is -2.01. The van der Waals surface area contributed by atoms with Crippen molar-refractivity contribution in [2.75, 3.05) is 0 Å². The monoisotopic (exact) mass is 226 g/mol. The predicted octanol–water partition coefficient (Wildman–Crippen LogP) is 2.28. The molecule has 0 fully saturated rings. The Hall–Kier alpha value is -0.580. The van der Waals surface area contributed by atoms with E-state index >= 15 is 0 Å². The van der Waals surface area contributed by atoms with Crippen LogP contribution in [-0.2, 0) is 6.18 Å². The van der Waals surface area contributed by atoms with E-state index in [1.807, 2.05) is 0 Å². The molecule has 0 aliphatic heterocycles. The molecule has 0 radical (unpaired) electrons. The molecule has 0 aliphatic carbocycles. The fraction of sp³-hybridized carbons (Fsp3) is 0.167. The number of aromatic nitrogens is 1. The van der Waals surface area contributed by atoms with Crippen LogP contribution in [0.25, 0.3) is 0 Å². The molecule has 0 unspecified atom stereocenters. The van der Waals surface area contributed by atoms with E-state index in [0.717, 1.165) is 12.3 Å². The Bertz CT molecular complexity index is 258. The van der Waals surface area contributed by atoms with Crippen molar-refractivity contribution in [3.63, 3.8) is 0 Å². The second-order valence-electron chi connectivity index (χ2n) is 1.94. The molecule has 1 heterocycles. The van der Waals surface area contributed by atoms with E-state index in [2.05, 4.69) is 20.9 Å². The average molecular weight is 227 g/mol. The lowest BCUT2D eigenvalue weighted by molar-refractivity contribution is -0.382. The zero-order valence-electron chi connectivity index (χ0n) is 5.24. The van der Waals surface area contributed by atoms with Crippen molar-refractivity contribution in [1.82, 2.24) is 0 Å². The summed E-state index contributed by atoms with van der Waals surface area (Å²) < 4.78 is 36.2. The smallest absolute Gasteiger partial charge is 0.216 e. The van der Waals surface area contributed by atoms with Crippen molar-refractivity contribution in [3.05, 3.63) is 28.5 Å². The molecule has 0 saturated carbocycles. The number of rotatable bonds is 0. The van der Waals surface area contributed by atoms with E-state index < -0.39 is 11.7 Å². The molecule has 1 aromatic heterocycles. The van der Waals surface area contributed by atoms with Crippen molar-refractivity contribution < 1.29 is 18.2 Å². The zero-order valence-corrected chi connectivity index (χ0v) is 6.83. The van der Waals surface area contributed by atoms with Crippen LogP contribution in [-0.4, -0.2) is 0 Å². The Morgan fingerprint density at radius 3 is 2.27 bits per heavy atom. The standard InChI is InChI=1S/C6H3BrF3N/c7-5-1-4(2-11-3-5)6(8,9)10/h1-3H/p+1. The minimum atomic E-state index is -4.28. The van der Waals surface area contributed by atoms with Gasteiger partial charge in [-0.25, -0.2) is 4.98 Å². The number of H-pyrrole nitrogens is 1. The van der Waals surface area contributed by atoms with Crippen molar-refractivity contribution in [3.8, 4) is 0 Å². The summed E-state index contributed by atoms with van der Waals surface area (Å²) in [5.74, 6) is 0. The van der Waals surface area contributed by atoms with Gasteiger partial charge in [0.1, 0.15) is 5.56 Å². The third-order valence-corrected chi connectivity index (χ3v) is 1.54. The Morgan fingerprint density at radius 2 is 1.91 bits per heavy atom. The van der Waals surface area contributed by atoms with Gasteiger partial charge in [-0.1, -0.05) is 0 Å². The molecule has 0 aliphatic rings. The molecule has 11 heavy (non-hydrogen) atoms. The third kappa shape index (κ3) is 2.18. The SMILES string of the molecule is FC(F)(F)c1c[nH+]cc(Br)c1. The highest BCUT2D eigenvalue weighted by molar-refractivity contribution is 9.10. The molecular formula is C6H4BrF3N+. The van der Waals surface area contributed by atoms with Gasteiger partial charge in [-0.3, -0.25) is 0 Å². The van der Waals surface area contributed by atoms with E-state index in [0.29, 0.717) is 4.47 Å². The normalized spacial score (nSPS) is 11.6. The topological polar surface area (TPSA) is 14.1 Å². The van der Waals surface area contributed by atoms with Crippen LogP contribution in [0.3, 0.4) is 0 Å². The van der Waals surface area contributed by atoms with E-state index in [1.54, 1.807) is 0 Å². The van der Waals surface area contributed by atoms with Crippen LogP contribution < -0.4 is 4.98 Å². The number of hydrogen-bond acceptors (Lipinski definition) is 0. The molecule has 0 spiro atoms. The van der Waals surface area contributed by atoms with Gasteiger partial charge in [0.25, 0.3) is 0 Å². The summed E-state index contributed by atoms with van der Waals surface area (Å²) >= 11 is 2.92. The van der Waals surface area contributed by atoms with E-state index in [-0.39, 0.29) is 0 Å². The van der Waals surface area contributed by atoms with Crippen LogP contribution in [0.4, 0.5) is 13.2 Å². The van der Waals surface area contributed by atoms with Gasteiger partial charge in [-0.05, 0) is 22.0 Å². The predicted molar refractivity (Wildman–Crippen MR) is 35.7 cm³/mol. The van der Waals surface area contributed by atoms with Gasteiger partial charge in [0, 0.05) is 0 Å². The second kappa shape index (κ2) is 2.81. The summed E-state index contributed by atoms with van der Waals surface area (Å²) in [6.45, 7) is 0. The molecule has 1 nitrogen and oxygen atoms in total. The zero-order chi connectivity index (χ0) is 8.48. The molecule has 0 amide bonds. The van der Waals surface area contributed by atoms with Crippen LogP contribution in [0.5, 0.6) is 0 Å². The minimum absolute atomic E-state index is 0.382. The number of alkyl halides is 3. The summed E-state index contributed by atoms with van der Waals surface area (Å²) in [5, 5.41) is 0. The van der Waals surface area contributed by atoms with Crippen molar-refractivity contribution in [2.24, 2.45) is 0 Å². The van der Waals surface area contributed by atoms with Gasteiger partial charge in [0.2, 0.25) is 0 Å². The van der Waals surface area contributed by atoms with Crippen LogP contribution in [0.2, 0.25) is 0 Å². The highest BCUT2D eigenvalue weighted by atomic mass is 79.9. The molecule has 1 aromatic rings. The maximum Gasteiger partial charge on any atom is 0.422 e. The van der Waals surface area contributed by atoms with Crippen molar-refractivity contribution in [2.45, 2.75) is 6.18 Å². The maximum absolute atomic E-state index is 11.9. The van der Waals surface area contributed by atoms with Crippen LogP contribution in [0.1, 0.15) is 5.56 Å². The lowest BCUT2D eigenvalue weighted by atomic mass is 10.3. The molecular weight excluding hydrogens is 223 g/mol. The van der Waals surface area contributed by atoms with E-state index in [4.69, 9.17) is 0 Å². The quantitative estimate of drug-likeness (QED) is 0.645. The molecule has 0 aromatic carbocycles. The van der Waals surface area contributed by atoms with E-state index in [9.17, 15) is 13.2 Å². The van der Waals surface area contributed by atoms with Gasteiger partial charge < -0.3 is 0 Å². The number of pyridine rings is 1. The van der Waals surface area contributed by atoms with Gasteiger partial charge in [-0.2, -0.15) is 13.2 Å². The Labute approximate surface area is 69.4 Å². The molecule has 0 saturated heterocycles. The second-order valence-corrected chi connectivity index (χ2v) is 2.85. The van der Waals surface area contributed by atoms with Crippen LogP contribution in [0, 0.1) is 0 Å². The van der Waals surface area contributed by atoms with Gasteiger partial charge in [0.15, 0.2) is 12.4 Å². The number of halogens is 4. The van der Waals surface area contributed by atoms with Crippen LogP contribution in [0.15, 0.2) is 22.9 Å². The number of nitrogens with one attached hydrogen (secondary N) is 1. The largest absolute Gasteiger partial charge is 0.422 e. The highest BCUT2D eigenvalue weighted by Gasteiger charge is 2.32. The lowest BCUT2D eigenvalue weighted by Crippen LogP contribution is -2.11. The summed E-state index contributed by atoms with van der Waals surface area (Å²) in [5.41, 5.74) is -0.688. The molecule has 1 rings (SSSR count). The van der Waals surface area contributed by atoms with Crippen molar-refractivity contribution >= 4 is 15.9 Å². The first-order chi connectivity index (χ1) is 5.00. The highest BCUT2D eigenvalue weighted by Crippen LogP contribution is 2.29. The van der Waals surface area contributed by atoms with Gasteiger partial charge in [0.05, 0.1) is 4.47 Å². The minimum Gasteiger partial charge on any atom is -0.216 e. The molecule has 5 heteroatoms.